The molecule has 0 spiro atoms. The fraction of sp³-hybridized carbons (Fsp3) is 0.105. The van der Waals surface area contributed by atoms with Gasteiger partial charge in [0.2, 0.25) is 4.34 Å². The summed E-state index contributed by atoms with van der Waals surface area (Å²) in [5, 5.41) is 3.07. The second-order valence-corrected chi connectivity index (χ2v) is 8.90. The van der Waals surface area contributed by atoms with Crippen LogP contribution in [0.1, 0.15) is 5.56 Å². The molecular weight excluding hydrogens is 366 g/mol. The molecule has 26 heavy (non-hydrogen) atoms. The lowest BCUT2D eigenvalue weighted by atomic mass is 10.1. The minimum absolute atomic E-state index is 0.0995. The maximum atomic E-state index is 13.3. The lowest BCUT2D eigenvalue weighted by Gasteiger charge is -2.08. The maximum Gasteiger partial charge on any atom is 0.295 e. The summed E-state index contributed by atoms with van der Waals surface area (Å²) in [6.45, 7) is 0.586. The van der Waals surface area contributed by atoms with Crippen LogP contribution in [0.25, 0.3) is 21.5 Å². The summed E-state index contributed by atoms with van der Waals surface area (Å²) in [5.74, 6) is 0. The van der Waals surface area contributed by atoms with Crippen LogP contribution >= 0.6 is 11.3 Å². The van der Waals surface area contributed by atoms with Crippen LogP contribution in [0.4, 0.5) is 0 Å². The molecule has 0 aliphatic carbocycles. The maximum absolute atomic E-state index is 13.3. The van der Waals surface area contributed by atoms with E-state index in [1.165, 1.54) is 15.3 Å². The van der Waals surface area contributed by atoms with Crippen molar-refractivity contribution in [3.05, 3.63) is 72.4 Å². The van der Waals surface area contributed by atoms with E-state index in [2.05, 4.69) is 10.3 Å². The van der Waals surface area contributed by atoms with Gasteiger partial charge < -0.3 is 5.32 Å². The SMILES string of the molecule is CNCc1cc(-c2ccccc2)n(S(=O)(=O)c2nc3ccccc3s2)c1. The summed E-state index contributed by atoms with van der Waals surface area (Å²) in [7, 11) is -1.95. The zero-order valence-corrected chi connectivity index (χ0v) is 15.7. The van der Waals surface area contributed by atoms with Crippen LogP contribution in [-0.4, -0.2) is 24.4 Å². The number of hydrogen-bond donors (Lipinski definition) is 1. The predicted molar refractivity (Wildman–Crippen MR) is 105 cm³/mol. The highest BCUT2D eigenvalue weighted by Gasteiger charge is 2.25. The Bertz CT molecular complexity index is 1130. The van der Waals surface area contributed by atoms with Crippen molar-refractivity contribution >= 4 is 31.6 Å². The zero-order chi connectivity index (χ0) is 18.1. The van der Waals surface area contributed by atoms with Crippen LogP contribution in [-0.2, 0) is 16.6 Å². The van der Waals surface area contributed by atoms with Gasteiger partial charge in [0.1, 0.15) is 0 Å². The summed E-state index contributed by atoms with van der Waals surface area (Å²) < 4.78 is 28.9. The monoisotopic (exact) mass is 383 g/mol. The first-order valence-corrected chi connectivity index (χ1v) is 10.4. The second kappa shape index (κ2) is 6.68. The largest absolute Gasteiger partial charge is 0.316 e. The first kappa shape index (κ1) is 17.0. The highest BCUT2D eigenvalue weighted by molar-refractivity contribution is 7.92. The summed E-state index contributed by atoms with van der Waals surface area (Å²) in [4.78, 5) is 4.34. The van der Waals surface area contributed by atoms with Gasteiger partial charge in [0, 0.05) is 12.7 Å². The average molecular weight is 383 g/mol. The van der Waals surface area contributed by atoms with Gasteiger partial charge in [-0.3, -0.25) is 0 Å². The van der Waals surface area contributed by atoms with E-state index in [9.17, 15) is 8.42 Å². The Morgan fingerprint density at radius 2 is 1.81 bits per heavy atom. The topological polar surface area (TPSA) is 64.0 Å². The zero-order valence-electron chi connectivity index (χ0n) is 14.1. The summed E-state index contributed by atoms with van der Waals surface area (Å²) in [6, 6.07) is 18.9. The van der Waals surface area contributed by atoms with E-state index in [1.54, 1.807) is 6.20 Å². The normalized spacial score (nSPS) is 11.9. The molecule has 0 saturated heterocycles. The van der Waals surface area contributed by atoms with Gasteiger partial charge in [-0.2, -0.15) is 8.42 Å². The molecule has 2 aromatic heterocycles. The molecule has 7 heteroatoms. The Hall–Kier alpha value is -2.48. The van der Waals surface area contributed by atoms with E-state index in [1.807, 2.05) is 67.7 Å². The highest BCUT2D eigenvalue weighted by atomic mass is 32.2. The molecule has 0 saturated carbocycles. The van der Waals surface area contributed by atoms with Crippen LogP contribution in [0.5, 0.6) is 0 Å². The minimum atomic E-state index is -3.78. The second-order valence-electron chi connectivity index (χ2n) is 5.88. The standard InChI is InChI=1S/C19H17N3O2S2/c1-20-12-14-11-17(15-7-3-2-4-8-15)22(13-14)26(23,24)19-21-16-9-5-6-10-18(16)25-19/h2-11,13,20H,12H2,1H3. The molecule has 0 fully saturated rings. The van der Waals surface area contributed by atoms with Gasteiger partial charge in [-0.05, 0) is 36.4 Å². The first-order valence-electron chi connectivity index (χ1n) is 8.12. The van der Waals surface area contributed by atoms with Gasteiger partial charge in [0.05, 0.1) is 15.9 Å². The van der Waals surface area contributed by atoms with Crippen LogP contribution in [0.15, 0.2) is 71.2 Å². The van der Waals surface area contributed by atoms with E-state index >= 15 is 0 Å². The minimum Gasteiger partial charge on any atom is -0.316 e. The predicted octanol–water partition coefficient (Wildman–Crippen LogP) is 3.72. The Kier molecular flexibility index (Phi) is 4.36. The third-order valence-corrected chi connectivity index (χ3v) is 7.11. The molecule has 4 rings (SSSR count). The smallest absolute Gasteiger partial charge is 0.295 e. The Morgan fingerprint density at radius 1 is 1.08 bits per heavy atom. The fourth-order valence-electron chi connectivity index (χ4n) is 2.86. The van der Waals surface area contributed by atoms with Crippen molar-refractivity contribution in [2.45, 2.75) is 10.9 Å². The first-order chi connectivity index (χ1) is 12.6. The van der Waals surface area contributed by atoms with E-state index in [-0.39, 0.29) is 4.34 Å². The molecule has 2 heterocycles. The van der Waals surface area contributed by atoms with Crippen LogP contribution in [0.3, 0.4) is 0 Å². The lowest BCUT2D eigenvalue weighted by molar-refractivity contribution is 0.587. The molecule has 2 aromatic carbocycles. The number of benzene rings is 2. The number of nitrogens with one attached hydrogen (secondary N) is 1. The van der Waals surface area contributed by atoms with Gasteiger partial charge in [0.25, 0.3) is 10.0 Å². The van der Waals surface area contributed by atoms with Crippen molar-refractivity contribution in [1.29, 1.82) is 0 Å². The van der Waals surface area contributed by atoms with Crippen molar-refractivity contribution in [2.24, 2.45) is 0 Å². The third kappa shape index (κ3) is 2.94. The van der Waals surface area contributed by atoms with Crippen molar-refractivity contribution in [3.63, 3.8) is 0 Å². The lowest BCUT2D eigenvalue weighted by Crippen LogP contribution is -2.13. The average Bonchev–Trinajstić information content (AvgIpc) is 3.28. The number of fused-ring (bicyclic) bond motifs is 1. The molecule has 0 aliphatic heterocycles. The van der Waals surface area contributed by atoms with Crippen molar-refractivity contribution < 1.29 is 8.42 Å². The quantitative estimate of drug-likeness (QED) is 0.570. The summed E-state index contributed by atoms with van der Waals surface area (Å²) >= 11 is 1.19. The molecular formula is C19H17N3O2S2. The molecule has 132 valence electrons. The van der Waals surface area contributed by atoms with Gasteiger partial charge in [-0.1, -0.05) is 42.5 Å². The Labute approximate surface area is 156 Å². The molecule has 0 amide bonds. The molecule has 5 nitrogen and oxygen atoms in total. The molecule has 4 aromatic rings. The molecule has 0 atom stereocenters. The highest BCUT2D eigenvalue weighted by Crippen LogP contribution is 2.31. The van der Waals surface area contributed by atoms with E-state index in [0.717, 1.165) is 15.8 Å². The van der Waals surface area contributed by atoms with Crippen molar-refractivity contribution in [2.75, 3.05) is 7.05 Å². The van der Waals surface area contributed by atoms with E-state index < -0.39 is 10.0 Å². The number of thiazole rings is 1. The van der Waals surface area contributed by atoms with Crippen molar-refractivity contribution in [1.82, 2.24) is 14.3 Å². The van der Waals surface area contributed by atoms with E-state index in [0.29, 0.717) is 17.8 Å². The number of hydrogen-bond acceptors (Lipinski definition) is 5. The Morgan fingerprint density at radius 3 is 2.54 bits per heavy atom. The molecule has 0 aliphatic rings. The third-order valence-electron chi connectivity index (χ3n) is 4.05. The molecule has 1 N–H and O–H groups in total. The molecule has 0 radical (unpaired) electrons. The van der Waals surface area contributed by atoms with Crippen LogP contribution in [0, 0.1) is 0 Å². The molecule has 0 bridgehead atoms. The summed E-state index contributed by atoms with van der Waals surface area (Å²) in [5.41, 5.74) is 3.07. The van der Waals surface area contributed by atoms with Crippen molar-refractivity contribution in [3.8, 4) is 11.3 Å². The fourth-order valence-corrected chi connectivity index (χ4v) is 5.56. The van der Waals surface area contributed by atoms with Crippen LogP contribution in [0.2, 0.25) is 0 Å². The van der Waals surface area contributed by atoms with Crippen LogP contribution < -0.4 is 5.32 Å². The number of para-hydroxylation sites is 1. The Balaban J connectivity index is 1.90. The van der Waals surface area contributed by atoms with Gasteiger partial charge >= 0.3 is 0 Å². The van der Waals surface area contributed by atoms with Gasteiger partial charge in [0.15, 0.2) is 0 Å². The van der Waals surface area contributed by atoms with E-state index in [4.69, 9.17) is 0 Å². The number of rotatable bonds is 5. The molecule has 0 unspecified atom stereocenters. The van der Waals surface area contributed by atoms with Gasteiger partial charge in [-0.25, -0.2) is 8.96 Å². The number of aromatic nitrogens is 2. The summed E-state index contributed by atoms with van der Waals surface area (Å²) in [6.07, 6.45) is 1.67. The number of nitrogens with zero attached hydrogens (tertiary/aromatic N) is 2. The van der Waals surface area contributed by atoms with Gasteiger partial charge in [-0.15, -0.1) is 11.3 Å².